The zero-order valence-corrected chi connectivity index (χ0v) is 11.8. The summed E-state index contributed by atoms with van der Waals surface area (Å²) in [6.45, 7) is 4.78. The molecule has 0 spiro atoms. The van der Waals surface area contributed by atoms with Crippen molar-refractivity contribution in [3.05, 3.63) is 0 Å². The lowest BCUT2D eigenvalue weighted by atomic mass is 10.3. The zero-order chi connectivity index (χ0) is 14.1. The Balaban J connectivity index is 2.38. The van der Waals surface area contributed by atoms with Crippen molar-refractivity contribution in [2.45, 2.75) is 32.2 Å². The van der Waals surface area contributed by atoms with Gasteiger partial charge in [-0.15, -0.1) is 0 Å². The van der Waals surface area contributed by atoms with Crippen molar-refractivity contribution < 1.29 is 9.53 Å². The Morgan fingerprint density at radius 1 is 1.47 bits per heavy atom. The van der Waals surface area contributed by atoms with E-state index >= 15 is 0 Å². The van der Waals surface area contributed by atoms with Crippen LogP contribution in [0.4, 0.5) is 0 Å². The number of guanidine groups is 1. The molecule has 0 bridgehead atoms. The third-order valence-corrected chi connectivity index (χ3v) is 3.05. The van der Waals surface area contributed by atoms with Gasteiger partial charge in [-0.2, -0.15) is 0 Å². The summed E-state index contributed by atoms with van der Waals surface area (Å²) in [5.41, 5.74) is 2.48. The molecule has 1 unspecified atom stereocenters. The van der Waals surface area contributed by atoms with Gasteiger partial charge in [-0.1, -0.05) is 0 Å². The molecule has 19 heavy (non-hydrogen) atoms. The number of carbonyl (C=O) groups excluding carboxylic acids is 1. The minimum Gasteiger partial charge on any atom is -0.385 e. The average molecular weight is 271 g/mol. The largest absolute Gasteiger partial charge is 0.385 e. The topological polar surface area (TPSA) is 92.0 Å². The van der Waals surface area contributed by atoms with Gasteiger partial charge in [0, 0.05) is 33.4 Å². The molecule has 0 aromatic carbocycles. The van der Waals surface area contributed by atoms with E-state index in [1.807, 2.05) is 11.8 Å². The van der Waals surface area contributed by atoms with Gasteiger partial charge in [-0.25, -0.2) is 5.84 Å². The first kappa shape index (κ1) is 15.7. The van der Waals surface area contributed by atoms with E-state index in [0.29, 0.717) is 19.1 Å². The maximum Gasteiger partial charge on any atom is 0.244 e. The van der Waals surface area contributed by atoms with Crippen LogP contribution in [0.3, 0.4) is 0 Å². The van der Waals surface area contributed by atoms with E-state index in [1.165, 1.54) is 0 Å². The Labute approximate surface area is 114 Å². The van der Waals surface area contributed by atoms with Gasteiger partial charge in [0.2, 0.25) is 11.9 Å². The van der Waals surface area contributed by atoms with Gasteiger partial charge in [0.1, 0.15) is 6.04 Å². The number of ether oxygens (including phenoxy) is 1. The number of rotatable bonds is 6. The van der Waals surface area contributed by atoms with Crippen molar-refractivity contribution >= 4 is 11.9 Å². The van der Waals surface area contributed by atoms with E-state index in [1.54, 1.807) is 7.11 Å². The van der Waals surface area contributed by atoms with E-state index in [-0.39, 0.29) is 11.9 Å². The minimum atomic E-state index is -0.324. The molecule has 0 radical (unpaired) electrons. The molecule has 0 aromatic rings. The van der Waals surface area contributed by atoms with Crippen LogP contribution in [-0.4, -0.2) is 56.2 Å². The number of nitrogens with two attached hydrogens (primary N) is 1. The maximum absolute atomic E-state index is 12.1. The molecular formula is C12H25N5O2. The molecule has 1 aliphatic heterocycles. The highest BCUT2D eigenvalue weighted by Gasteiger charge is 2.23. The molecule has 110 valence electrons. The standard InChI is InChI=1S/C12H25N5O2/c1-10(11(18)17-7-3-4-8-17)15-12(16-13)14-6-5-9-19-2/h10H,3-9,13H2,1-2H3,(H2,14,15,16). The van der Waals surface area contributed by atoms with E-state index in [0.717, 1.165) is 32.4 Å². The van der Waals surface area contributed by atoms with Crippen molar-refractivity contribution in [3.63, 3.8) is 0 Å². The molecule has 1 amide bonds. The van der Waals surface area contributed by atoms with Crippen LogP contribution in [0.15, 0.2) is 4.99 Å². The van der Waals surface area contributed by atoms with Crippen molar-refractivity contribution in [2.24, 2.45) is 10.8 Å². The normalized spacial score (nSPS) is 17.4. The summed E-state index contributed by atoms with van der Waals surface area (Å²) in [7, 11) is 1.65. The first-order valence-corrected chi connectivity index (χ1v) is 6.74. The Hall–Kier alpha value is -1.34. The number of hydrazine groups is 1. The summed E-state index contributed by atoms with van der Waals surface area (Å²) in [5, 5.41) is 3.00. The number of nitrogens with one attached hydrogen (secondary N) is 2. The highest BCUT2D eigenvalue weighted by Crippen LogP contribution is 2.08. The van der Waals surface area contributed by atoms with Crippen molar-refractivity contribution in [2.75, 3.05) is 33.4 Å². The van der Waals surface area contributed by atoms with Gasteiger partial charge in [0.05, 0.1) is 0 Å². The second-order valence-corrected chi connectivity index (χ2v) is 4.62. The number of nitrogens with zero attached hydrogens (tertiary/aromatic N) is 2. The number of likely N-dealkylation sites (tertiary alicyclic amines) is 1. The first-order chi connectivity index (χ1) is 9.19. The van der Waals surface area contributed by atoms with Crippen LogP contribution in [0.2, 0.25) is 0 Å². The monoisotopic (exact) mass is 271 g/mol. The molecule has 1 atom stereocenters. The van der Waals surface area contributed by atoms with Gasteiger partial charge in [-0.3, -0.25) is 15.2 Å². The summed E-state index contributed by atoms with van der Waals surface area (Å²) >= 11 is 0. The molecule has 7 heteroatoms. The molecule has 0 aliphatic carbocycles. The first-order valence-electron chi connectivity index (χ1n) is 6.74. The van der Waals surface area contributed by atoms with Crippen LogP contribution >= 0.6 is 0 Å². The molecule has 1 aliphatic rings. The molecule has 7 nitrogen and oxygen atoms in total. The number of methoxy groups -OCH3 is 1. The number of hydrogen-bond donors (Lipinski definition) is 3. The van der Waals surface area contributed by atoms with Crippen LogP contribution in [0, 0.1) is 0 Å². The fourth-order valence-corrected chi connectivity index (χ4v) is 2.01. The highest BCUT2D eigenvalue weighted by atomic mass is 16.5. The van der Waals surface area contributed by atoms with E-state index in [4.69, 9.17) is 10.6 Å². The van der Waals surface area contributed by atoms with Gasteiger partial charge >= 0.3 is 0 Å². The lowest BCUT2D eigenvalue weighted by Gasteiger charge is -2.22. The number of carbonyl (C=O) groups is 1. The van der Waals surface area contributed by atoms with Crippen LogP contribution in [0.5, 0.6) is 0 Å². The summed E-state index contributed by atoms with van der Waals surface area (Å²) in [6.07, 6.45) is 2.99. The predicted molar refractivity (Wildman–Crippen MR) is 74.5 cm³/mol. The summed E-state index contributed by atoms with van der Waals surface area (Å²) in [4.78, 5) is 18.2. The van der Waals surface area contributed by atoms with Gasteiger partial charge in [0.25, 0.3) is 0 Å². The van der Waals surface area contributed by atoms with Gasteiger partial charge < -0.3 is 15.0 Å². The molecular weight excluding hydrogens is 246 g/mol. The highest BCUT2D eigenvalue weighted by molar-refractivity contribution is 5.88. The van der Waals surface area contributed by atoms with Gasteiger partial charge in [-0.05, 0) is 26.2 Å². The Kier molecular flexibility index (Phi) is 7.20. The molecule has 4 N–H and O–H groups in total. The smallest absolute Gasteiger partial charge is 0.244 e. The van der Waals surface area contributed by atoms with Gasteiger partial charge in [0.15, 0.2) is 0 Å². The second-order valence-electron chi connectivity index (χ2n) is 4.62. The van der Waals surface area contributed by atoms with E-state index < -0.39 is 0 Å². The molecule has 1 heterocycles. The quantitative estimate of drug-likeness (QED) is 0.198. The molecule has 1 rings (SSSR count). The SMILES string of the molecule is COCCCN=C(NN)NC(C)C(=O)N1CCCC1. The predicted octanol–water partition coefficient (Wildman–Crippen LogP) is -0.557. The lowest BCUT2D eigenvalue weighted by molar-refractivity contribution is -0.131. The van der Waals surface area contributed by atoms with Crippen LogP contribution in [-0.2, 0) is 9.53 Å². The lowest BCUT2D eigenvalue weighted by Crippen LogP contribution is -2.51. The third kappa shape index (κ3) is 5.44. The molecule has 0 saturated carbocycles. The second kappa shape index (κ2) is 8.71. The molecule has 0 aromatic heterocycles. The summed E-state index contributed by atoms with van der Waals surface area (Å²) in [5.74, 6) is 5.93. The van der Waals surface area contributed by atoms with E-state index in [2.05, 4.69) is 15.7 Å². The number of hydrogen-bond acceptors (Lipinski definition) is 4. The van der Waals surface area contributed by atoms with Crippen molar-refractivity contribution in [1.29, 1.82) is 0 Å². The van der Waals surface area contributed by atoms with Crippen LogP contribution in [0.1, 0.15) is 26.2 Å². The summed E-state index contributed by atoms with van der Waals surface area (Å²) in [6, 6.07) is -0.324. The Morgan fingerprint density at radius 2 is 2.16 bits per heavy atom. The number of aliphatic imine (C=N–C) groups is 1. The number of amides is 1. The third-order valence-electron chi connectivity index (χ3n) is 3.05. The van der Waals surface area contributed by atoms with Crippen LogP contribution in [0.25, 0.3) is 0 Å². The van der Waals surface area contributed by atoms with Crippen molar-refractivity contribution in [1.82, 2.24) is 15.6 Å². The Bertz CT molecular complexity index is 302. The Morgan fingerprint density at radius 3 is 2.74 bits per heavy atom. The fraction of sp³-hybridized carbons (Fsp3) is 0.833. The minimum absolute atomic E-state index is 0.0948. The summed E-state index contributed by atoms with van der Waals surface area (Å²) < 4.78 is 4.94. The molecule has 1 fully saturated rings. The average Bonchev–Trinajstić information content (AvgIpc) is 2.95. The van der Waals surface area contributed by atoms with E-state index in [9.17, 15) is 4.79 Å². The molecule has 1 saturated heterocycles. The fourth-order valence-electron chi connectivity index (χ4n) is 2.01. The maximum atomic E-state index is 12.1. The zero-order valence-electron chi connectivity index (χ0n) is 11.8. The van der Waals surface area contributed by atoms with Crippen molar-refractivity contribution in [3.8, 4) is 0 Å². The van der Waals surface area contributed by atoms with Crippen LogP contribution < -0.4 is 16.6 Å².